The molecule has 1 aromatic carbocycles. The standard InChI is InChI=1S/C17H23N3O2.ClH/c1-22-15-7-5-14(6-8-15)16-13-20(18-17(16)21)12-11-19-9-3-2-4-10-19;/h5-8,13H,2-4,9-12H2,1H3,(H,18,21);1H. The van der Waals surface area contributed by atoms with E-state index < -0.39 is 0 Å². The van der Waals surface area contributed by atoms with Crippen molar-refractivity contribution in [1.29, 1.82) is 0 Å². The molecule has 1 saturated heterocycles. The molecule has 0 amide bonds. The van der Waals surface area contributed by atoms with Crippen LogP contribution in [-0.4, -0.2) is 41.4 Å². The third kappa shape index (κ3) is 4.39. The summed E-state index contributed by atoms with van der Waals surface area (Å²) in [7, 11) is 1.64. The van der Waals surface area contributed by atoms with Gasteiger partial charge in [0.25, 0.3) is 5.56 Å². The Balaban J connectivity index is 0.00000192. The molecule has 1 fully saturated rings. The molecule has 0 radical (unpaired) electrons. The largest absolute Gasteiger partial charge is 0.497 e. The van der Waals surface area contributed by atoms with Gasteiger partial charge in [0, 0.05) is 12.7 Å². The van der Waals surface area contributed by atoms with E-state index in [4.69, 9.17) is 4.74 Å². The van der Waals surface area contributed by atoms with E-state index in [0.29, 0.717) is 5.56 Å². The van der Waals surface area contributed by atoms with Crippen molar-refractivity contribution >= 4 is 12.4 Å². The van der Waals surface area contributed by atoms with Gasteiger partial charge in [-0.05, 0) is 43.6 Å². The van der Waals surface area contributed by atoms with Crippen molar-refractivity contribution in [1.82, 2.24) is 14.7 Å². The number of piperidine rings is 1. The van der Waals surface area contributed by atoms with Gasteiger partial charge in [0.2, 0.25) is 0 Å². The van der Waals surface area contributed by atoms with Gasteiger partial charge in [0.1, 0.15) is 5.75 Å². The Labute approximate surface area is 142 Å². The molecule has 1 aliphatic rings. The van der Waals surface area contributed by atoms with Gasteiger partial charge in [-0.25, -0.2) is 0 Å². The molecule has 3 rings (SSSR count). The lowest BCUT2D eigenvalue weighted by Gasteiger charge is -2.26. The number of methoxy groups -OCH3 is 1. The zero-order valence-corrected chi connectivity index (χ0v) is 14.3. The van der Waals surface area contributed by atoms with Crippen LogP contribution in [0.15, 0.2) is 35.3 Å². The predicted octanol–water partition coefficient (Wildman–Crippen LogP) is 2.76. The Morgan fingerprint density at radius 3 is 2.43 bits per heavy atom. The smallest absolute Gasteiger partial charge is 0.271 e. The number of rotatable bonds is 5. The summed E-state index contributed by atoms with van der Waals surface area (Å²) in [5.74, 6) is 0.796. The Bertz CT molecular complexity index is 657. The van der Waals surface area contributed by atoms with Gasteiger partial charge in [-0.1, -0.05) is 18.6 Å². The summed E-state index contributed by atoms with van der Waals surface area (Å²) in [4.78, 5) is 14.6. The maximum atomic E-state index is 12.1. The minimum Gasteiger partial charge on any atom is -0.497 e. The van der Waals surface area contributed by atoms with Crippen LogP contribution in [-0.2, 0) is 6.54 Å². The van der Waals surface area contributed by atoms with Crippen molar-refractivity contribution in [2.75, 3.05) is 26.7 Å². The van der Waals surface area contributed by atoms with E-state index in [1.165, 1.54) is 32.4 Å². The first-order valence-corrected chi connectivity index (χ1v) is 7.92. The molecule has 2 heterocycles. The monoisotopic (exact) mass is 337 g/mol. The summed E-state index contributed by atoms with van der Waals surface area (Å²) in [5.41, 5.74) is 1.59. The van der Waals surface area contributed by atoms with Gasteiger partial charge in [0.05, 0.1) is 19.2 Å². The van der Waals surface area contributed by atoms with E-state index in [0.717, 1.165) is 24.4 Å². The van der Waals surface area contributed by atoms with E-state index in [1.54, 1.807) is 7.11 Å². The second kappa shape index (κ2) is 8.22. The van der Waals surface area contributed by atoms with Crippen molar-refractivity contribution in [2.24, 2.45) is 0 Å². The SMILES string of the molecule is COc1ccc(-c2cn(CCN3CCCCC3)[nH]c2=O)cc1.Cl. The Kier molecular flexibility index (Phi) is 6.30. The summed E-state index contributed by atoms with van der Waals surface area (Å²) in [6, 6.07) is 7.58. The molecule has 1 aliphatic heterocycles. The van der Waals surface area contributed by atoms with E-state index >= 15 is 0 Å². The topological polar surface area (TPSA) is 50.3 Å². The number of hydrogen-bond acceptors (Lipinski definition) is 3. The van der Waals surface area contributed by atoms with Crippen molar-refractivity contribution in [3.8, 4) is 16.9 Å². The van der Waals surface area contributed by atoms with Crippen LogP contribution in [0.25, 0.3) is 11.1 Å². The fourth-order valence-corrected chi connectivity index (χ4v) is 2.97. The van der Waals surface area contributed by atoms with Gasteiger partial charge in [-0.15, -0.1) is 12.4 Å². The first kappa shape index (κ1) is 17.6. The molecular weight excluding hydrogens is 314 g/mol. The summed E-state index contributed by atoms with van der Waals surface area (Å²) < 4.78 is 7.05. The molecule has 0 saturated carbocycles. The highest BCUT2D eigenvalue weighted by Crippen LogP contribution is 2.19. The molecule has 0 spiro atoms. The van der Waals surface area contributed by atoms with Crippen LogP contribution in [0.1, 0.15) is 19.3 Å². The van der Waals surface area contributed by atoms with Crippen molar-refractivity contribution in [2.45, 2.75) is 25.8 Å². The number of aromatic nitrogens is 2. The minimum absolute atomic E-state index is 0. The van der Waals surface area contributed by atoms with Crippen LogP contribution in [0.5, 0.6) is 5.75 Å². The quantitative estimate of drug-likeness (QED) is 0.912. The molecule has 5 nitrogen and oxygen atoms in total. The second-order valence-corrected chi connectivity index (χ2v) is 5.81. The van der Waals surface area contributed by atoms with Crippen LogP contribution < -0.4 is 10.3 Å². The number of nitrogens with zero attached hydrogens (tertiary/aromatic N) is 2. The molecule has 0 unspecified atom stereocenters. The van der Waals surface area contributed by atoms with Gasteiger partial charge in [-0.3, -0.25) is 14.6 Å². The molecule has 1 N–H and O–H groups in total. The minimum atomic E-state index is -0.0381. The number of aromatic amines is 1. The van der Waals surface area contributed by atoms with E-state index in [1.807, 2.05) is 35.1 Å². The number of hydrogen-bond donors (Lipinski definition) is 1. The number of ether oxygens (including phenoxy) is 1. The van der Waals surface area contributed by atoms with E-state index in [9.17, 15) is 4.79 Å². The van der Waals surface area contributed by atoms with Crippen LogP contribution in [0.2, 0.25) is 0 Å². The van der Waals surface area contributed by atoms with Crippen molar-refractivity contribution in [3.63, 3.8) is 0 Å². The maximum absolute atomic E-state index is 12.1. The van der Waals surface area contributed by atoms with Gasteiger partial charge in [-0.2, -0.15) is 0 Å². The van der Waals surface area contributed by atoms with Gasteiger partial charge < -0.3 is 9.64 Å². The lowest BCUT2D eigenvalue weighted by Crippen LogP contribution is -2.32. The third-order valence-electron chi connectivity index (χ3n) is 4.28. The molecule has 1 aromatic heterocycles. The molecule has 0 atom stereocenters. The average Bonchev–Trinajstić information content (AvgIpc) is 2.95. The zero-order chi connectivity index (χ0) is 15.4. The second-order valence-electron chi connectivity index (χ2n) is 5.81. The summed E-state index contributed by atoms with van der Waals surface area (Å²) in [6.07, 6.45) is 5.84. The lowest BCUT2D eigenvalue weighted by atomic mass is 10.1. The fraction of sp³-hybridized carbons (Fsp3) is 0.471. The molecule has 23 heavy (non-hydrogen) atoms. The number of likely N-dealkylation sites (tertiary alicyclic amines) is 1. The summed E-state index contributed by atoms with van der Waals surface area (Å²) in [6.45, 7) is 4.17. The number of nitrogens with one attached hydrogen (secondary N) is 1. The normalized spacial score (nSPS) is 15.2. The molecule has 6 heteroatoms. The number of halogens is 1. The molecule has 126 valence electrons. The Hall–Kier alpha value is -1.72. The van der Waals surface area contributed by atoms with Crippen molar-refractivity contribution in [3.05, 3.63) is 40.8 Å². The highest BCUT2D eigenvalue weighted by Gasteiger charge is 2.11. The number of benzene rings is 1. The van der Waals surface area contributed by atoms with Crippen LogP contribution >= 0.6 is 12.4 Å². The Morgan fingerprint density at radius 2 is 1.78 bits per heavy atom. The Morgan fingerprint density at radius 1 is 1.09 bits per heavy atom. The van der Waals surface area contributed by atoms with E-state index in [2.05, 4.69) is 10.00 Å². The van der Waals surface area contributed by atoms with Gasteiger partial charge in [0.15, 0.2) is 0 Å². The lowest BCUT2D eigenvalue weighted by molar-refractivity contribution is 0.218. The first-order chi connectivity index (χ1) is 10.8. The van der Waals surface area contributed by atoms with Crippen LogP contribution in [0, 0.1) is 0 Å². The van der Waals surface area contributed by atoms with Gasteiger partial charge >= 0.3 is 0 Å². The third-order valence-corrected chi connectivity index (χ3v) is 4.28. The predicted molar refractivity (Wildman–Crippen MR) is 94.6 cm³/mol. The van der Waals surface area contributed by atoms with Crippen LogP contribution in [0.3, 0.4) is 0 Å². The molecule has 2 aromatic rings. The van der Waals surface area contributed by atoms with E-state index in [-0.39, 0.29) is 18.0 Å². The first-order valence-electron chi connectivity index (χ1n) is 7.92. The molecular formula is C17H24ClN3O2. The average molecular weight is 338 g/mol. The fourth-order valence-electron chi connectivity index (χ4n) is 2.97. The molecule has 0 aliphatic carbocycles. The number of H-pyrrole nitrogens is 1. The zero-order valence-electron chi connectivity index (χ0n) is 13.5. The summed E-state index contributed by atoms with van der Waals surface area (Å²) >= 11 is 0. The highest BCUT2D eigenvalue weighted by molar-refractivity contribution is 5.85. The van der Waals surface area contributed by atoms with Crippen LogP contribution in [0.4, 0.5) is 0 Å². The summed E-state index contributed by atoms with van der Waals surface area (Å²) in [5, 5.41) is 2.91. The molecule has 0 bridgehead atoms. The maximum Gasteiger partial charge on any atom is 0.271 e. The highest BCUT2D eigenvalue weighted by atomic mass is 35.5. The van der Waals surface area contributed by atoms with Crippen molar-refractivity contribution < 1.29 is 4.74 Å².